The third-order valence-corrected chi connectivity index (χ3v) is 3.65. The molecule has 0 aromatic heterocycles. The smallest absolute Gasteiger partial charge is 0.305 e. The quantitative estimate of drug-likeness (QED) is 0.793. The van der Waals surface area contributed by atoms with E-state index < -0.39 is 5.97 Å². The summed E-state index contributed by atoms with van der Waals surface area (Å²) in [6, 6.07) is 5.01. The lowest BCUT2D eigenvalue weighted by atomic mass is 10.4. The summed E-state index contributed by atoms with van der Waals surface area (Å²) in [4.78, 5) is 22.4. The molecule has 1 aromatic rings. The van der Waals surface area contributed by atoms with Crippen molar-refractivity contribution in [3.05, 3.63) is 28.2 Å². The van der Waals surface area contributed by atoms with E-state index in [0.717, 1.165) is 4.90 Å². The molecule has 0 saturated heterocycles. The second-order valence-corrected chi connectivity index (χ2v) is 5.22. The zero-order valence-electron chi connectivity index (χ0n) is 9.28. The van der Waals surface area contributed by atoms with Crippen LogP contribution in [0.2, 0.25) is 10.0 Å². The van der Waals surface area contributed by atoms with Gasteiger partial charge in [0.2, 0.25) is 5.91 Å². The molecule has 1 amide bonds. The Bertz CT molecular complexity index is 454. The molecule has 0 aliphatic carbocycles. The van der Waals surface area contributed by atoms with E-state index in [2.05, 4.69) is 5.32 Å². The highest BCUT2D eigenvalue weighted by molar-refractivity contribution is 8.00. The number of halogens is 2. The molecule has 0 atom stereocenters. The van der Waals surface area contributed by atoms with Crippen LogP contribution in [0.3, 0.4) is 0 Å². The highest BCUT2D eigenvalue weighted by Crippen LogP contribution is 2.29. The average Bonchev–Trinajstić information content (AvgIpc) is 2.30. The maximum atomic E-state index is 11.4. The van der Waals surface area contributed by atoms with Crippen LogP contribution in [0.25, 0.3) is 0 Å². The van der Waals surface area contributed by atoms with E-state index in [4.69, 9.17) is 28.3 Å². The molecule has 2 N–H and O–H groups in total. The number of thioether (sulfide) groups is 1. The molecule has 0 aliphatic rings. The van der Waals surface area contributed by atoms with Gasteiger partial charge in [0.1, 0.15) is 0 Å². The number of aliphatic carboxylic acids is 1. The topological polar surface area (TPSA) is 66.4 Å². The van der Waals surface area contributed by atoms with Crippen molar-refractivity contribution in [1.29, 1.82) is 0 Å². The minimum Gasteiger partial charge on any atom is -0.481 e. The number of nitrogens with one attached hydrogen (secondary N) is 1. The monoisotopic (exact) mass is 307 g/mol. The van der Waals surface area contributed by atoms with E-state index in [0.29, 0.717) is 10.0 Å². The van der Waals surface area contributed by atoms with E-state index in [1.165, 1.54) is 11.8 Å². The Balaban J connectivity index is 2.38. The number of carbonyl (C=O) groups is 2. The first kappa shape index (κ1) is 15.1. The number of rotatable bonds is 6. The van der Waals surface area contributed by atoms with Crippen LogP contribution < -0.4 is 5.32 Å². The van der Waals surface area contributed by atoms with Gasteiger partial charge in [0.25, 0.3) is 0 Å². The largest absolute Gasteiger partial charge is 0.481 e. The second-order valence-electron chi connectivity index (χ2n) is 3.36. The lowest BCUT2D eigenvalue weighted by Gasteiger charge is -2.05. The summed E-state index contributed by atoms with van der Waals surface area (Å²) in [5, 5.41) is 12.0. The zero-order valence-corrected chi connectivity index (χ0v) is 11.6. The summed E-state index contributed by atoms with van der Waals surface area (Å²) in [6.45, 7) is 0.123. The van der Waals surface area contributed by atoms with Crippen molar-refractivity contribution in [3.8, 4) is 0 Å². The molecule has 98 valence electrons. The van der Waals surface area contributed by atoms with Gasteiger partial charge in [0.05, 0.1) is 17.2 Å². The molecule has 0 aliphatic heterocycles. The van der Waals surface area contributed by atoms with Gasteiger partial charge < -0.3 is 10.4 Å². The fourth-order valence-corrected chi connectivity index (χ4v) is 2.41. The lowest BCUT2D eigenvalue weighted by molar-refractivity contribution is -0.136. The molecular weight excluding hydrogens is 297 g/mol. The van der Waals surface area contributed by atoms with Gasteiger partial charge in [-0.15, -0.1) is 11.8 Å². The van der Waals surface area contributed by atoms with Crippen LogP contribution in [0.4, 0.5) is 0 Å². The Kier molecular flexibility index (Phi) is 6.32. The molecule has 7 heteroatoms. The van der Waals surface area contributed by atoms with E-state index in [1.807, 2.05) is 0 Å². The molecule has 0 radical (unpaired) electrons. The van der Waals surface area contributed by atoms with Crippen LogP contribution in [-0.2, 0) is 9.59 Å². The molecular formula is C11H11Cl2NO3S. The first-order chi connectivity index (χ1) is 8.49. The van der Waals surface area contributed by atoms with Crippen LogP contribution in [0.15, 0.2) is 23.1 Å². The Morgan fingerprint density at radius 2 is 2.06 bits per heavy atom. The zero-order chi connectivity index (χ0) is 13.5. The van der Waals surface area contributed by atoms with Gasteiger partial charge in [-0.1, -0.05) is 23.2 Å². The number of carboxylic acid groups (broad SMARTS) is 1. The molecule has 0 fully saturated rings. The maximum absolute atomic E-state index is 11.4. The van der Waals surface area contributed by atoms with E-state index >= 15 is 0 Å². The number of carboxylic acids is 1. The molecule has 18 heavy (non-hydrogen) atoms. The van der Waals surface area contributed by atoms with Crippen molar-refractivity contribution in [2.75, 3.05) is 12.3 Å². The summed E-state index contributed by atoms with van der Waals surface area (Å²) in [5.74, 6) is -1.02. The highest BCUT2D eigenvalue weighted by Gasteiger charge is 2.07. The minimum atomic E-state index is -0.944. The number of hydrogen-bond donors (Lipinski definition) is 2. The maximum Gasteiger partial charge on any atom is 0.305 e. The number of hydrogen-bond acceptors (Lipinski definition) is 3. The summed E-state index contributed by atoms with van der Waals surface area (Å²) in [6.07, 6.45) is -0.0890. The van der Waals surface area contributed by atoms with Crippen molar-refractivity contribution in [3.63, 3.8) is 0 Å². The van der Waals surface area contributed by atoms with Crippen molar-refractivity contribution in [2.45, 2.75) is 11.3 Å². The fraction of sp³-hybridized carbons (Fsp3) is 0.273. The predicted molar refractivity (Wildman–Crippen MR) is 72.4 cm³/mol. The van der Waals surface area contributed by atoms with Crippen LogP contribution in [-0.4, -0.2) is 29.3 Å². The average molecular weight is 308 g/mol. The van der Waals surface area contributed by atoms with Gasteiger partial charge in [-0.3, -0.25) is 9.59 Å². The van der Waals surface area contributed by atoms with Gasteiger partial charge >= 0.3 is 5.97 Å². The molecule has 1 rings (SSSR count). The molecule has 0 unspecified atom stereocenters. The Morgan fingerprint density at radius 3 is 2.72 bits per heavy atom. The summed E-state index contributed by atoms with van der Waals surface area (Å²) < 4.78 is 0. The molecule has 0 spiro atoms. The van der Waals surface area contributed by atoms with Crippen molar-refractivity contribution in [1.82, 2.24) is 5.32 Å². The minimum absolute atomic E-state index is 0.0890. The van der Waals surface area contributed by atoms with Crippen LogP contribution >= 0.6 is 35.0 Å². The van der Waals surface area contributed by atoms with Gasteiger partial charge in [0.15, 0.2) is 0 Å². The van der Waals surface area contributed by atoms with Crippen molar-refractivity contribution < 1.29 is 14.7 Å². The predicted octanol–water partition coefficient (Wildman–Crippen LogP) is 2.68. The number of amides is 1. The molecule has 1 aromatic carbocycles. The number of benzene rings is 1. The van der Waals surface area contributed by atoms with Crippen LogP contribution in [0.5, 0.6) is 0 Å². The first-order valence-electron chi connectivity index (χ1n) is 5.05. The van der Waals surface area contributed by atoms with Crippen LogP contribution in [0.1, 0.15) is 6.42 Å². The third-order valence-electron chi connectivity index (χ3n) is 1.91. The van der Waals surface area contributed by atoms with Crippen LogP contribution in [0, 0.1) is 0 Å². The Hall–Kier alpha value is -0.910. The Labute approximate surface area is 119 Å². The molecule has 0 saturated carbocycles. The molecule has 0 heterocycles. The SMILES string of the molecule is O=C(O)CCNC(=O)CSc1cc(Cl)ccc1Cl. The first-order valence-corrected chi connectivity index (χ1v) is 6.79. The second kappa shape index (κ2) is 7.51. The van der Waals surface area contributed by atoms with E-state index in [9.17, 15) is 9.59 Å². The lowest BCUT2D eigenvalue weighted by Crippen LogP contribution is -2.27. The normalized spacial score (nSPS) is 10.1. The van der Waals surface area contributed by atoms with Gasteiger partial charge in [-0.25, -0.2) is 0 Å². The third kappa shape index (κ3) is 5.62. The van der Waals surface area contributed by atoms with E-state index in [-0.39, 0.29) is 24.6 Å². The fourth-order valence-electron chi connectivity index (χ4n) is 1.09. The molecule has 0 bridgehead atoms. The van der Waals surface area contributed by atoms with Gasteiger partial charge in [-0.05, 0) is 18.2 Å². The van der Waals surface area contributed by atoms with Gasteiger partial charge in [0, 0.05) is 16.5 Å². The van der Waals surface area contributed by atoms with Gasteiger partial charge in [-0.2, -0.15) is 0 Å². The Morgan fingerprint density at radius 1 is 1.33 bits per heavy atom. The number of carbonyl (C=O) groups excluding carboxylic acids is 1. The van der Waals surface area contributed by atoms with E-state index in [1.54, 1.807) is 18.2 Å². The highest BCUT2D eigenvalue weighted by atomic mass is 35.5. The van der Waals surface area contributed by atoms with Crippen molar-refractivity contribution in [2.24, 2.45) is 0 Å². The molecule has 4 nitrogen and oxygen atoms in total. The summed E-state index contributed by atoms with van der Waals surface area (Å²) >= 11 is 13.0. The summed E-state index contributed by atoms with van der Waals surface area (Å²) in [7, 11) is 0. The standard InChI is InChI=1S/C11H11Cl2NO3S/c12-7-1-2-8(13)9(5-7)18-6-10(15)14-4-3-11(16)17/h1-2,5H,3-4,6H2,(H,14,15)(H,16,17). The van der Waals surface area contributed by atoms with Crippen molar-refractivity contribution >= 4 is 46.8 Å². The summed E-state index contributed by atoms with van der Waals surface area (Å²) in [5.41, 5.74) is 0.